The number of pyridine rings is 1. The highest BCUT2D eigenvalue weighted by atomic mass is 79.9. The number of rotatable bonds is 3. The van der Waals surface area contributed by atoms with E-state index < -0.39 is 0 Å². The molecule has 1 atom stereocenters. The summed E-state index contributed by atoms with van der Waals surface area (Å²) in [6, 6.07) is 12.0. The topological polar surface area (TPSA) is 59.2 Å². The van der Waals surface area contributed by atoms with Crippen molar-refractivity contribution in [1.29, 1.82) is 0 Å². The number of benzene rings is 1. The number of aromatic nitrogens is 1. The maximum atomic E-state index is 12.6. The van der Waals surface area contributed by atoms with Gasteiger partial charge in [0.2, 0.25) is 5.91 Å². The van der Waals surface area contributed by atoms with Gasteiger partial charge in [0.05, 0.1) is 24.3 Å². The van der Waals surface area contributed by atoms with E-state index in [0.29, 0.717) is 12.1 Å². The van der Waals surface area contributed by atoms with Crippen LogP contribution in [0.3, 0.4) is 0 Å². The molecule has 1 fully saturated rings. The number of nitrogens with zero attached hydrogens (tertiary/aromatic N) is 2. The molecule has 6 heteroatoms. The van der Waals surface area contributed by atoms with Gasteiger partial charge in [-0.25, -0.2) is 0 Å². The van der Waals surface area contributed by atoms with E-state index >= 15 is 0 Å². The highest BCUT2D eigenvalue weighted by Crippen LogP contribution is 2.33. The Kier molecular flexibility index (Phi) is 6.02. The average Bonchev–Trinajstić information content (AvgIpc) is 2.99. The molecule has 1 aliphatic rings. The lowest BCUT2D eigenvalue weighted by atomic mass is 10.0. The van der Waals surface area contributed by atoms with Crippen LogP contribution in [0.15, 0.2) is 47.1 Å². The number of likely N-dealkylation sites (tertiary alicyclic amines) is 1. The number of carbonyl (C=O) groups is 1. The van der Waals surface area contributed by atoms with Crippen molar-refractivity contribution in [2.24, 2.45) is 0 Å². The van der Waals surface area contributed by atoms with Gasteiger partial charge in [-0.05, 0) is 42.7 Å². The summed E-state index contributed by atoms with van der Waals surface area (Å²) < 4.78 is 1.05. The van der Waals surface area contributed by atoms with E-state index in [9.17, 15) is 4.79 Å². The summed E-state index contributed by atoms with van der Waals surface area (Å²) in [5, 5.41) is 0. The molecule has 4 nitrogen and oxygen atoms in total. The zero-order valence-electron chi connectivity index (χ0n) is 12.6. The number of halogens is 2. The summed E-state index contributed by atoms with van der Waals surface area (Å²) in [6.45, 7) is 0.811. The van der Waals surface area contributed by atoms with Gasteiger partial charge in [-0.15, -0.1) is 12.4 Å². The van der Waals surface area contributed by atoms with E-state index in [1.807, 2.05) is 23.1 Å². The molecular formula is C17H19BrClN3O. The fourth-order valence-corrected chi connectivity index (χ4v) is 3.34. The molecule has 1 saturated heterocycles. The number of hydrogen-bond acceptors (Lipinski definition) is 3. The van der Waals surface area contributed by atoms with Crippen LogP contribution < -0.4 is 5.73 Å². The lowest BCUT2D eigenvalue weighted by Crippen LogP contribution is -2.32. The van der Waals surface area contributed by atoms with Gasteiger partial charge in [-0.2, -0.15) is 0 Å². The summed E-state index contributed by atoms with van der Waals surface area (Å²) in [5.41, 5.74) is 8.19. The molecule has 0 radical (unpaired) electrons. The molecule has 1 amide bonds. The Morgan fingerprint density at radius 1 is 1.35 bits per heavy atom. The van der Waals surface area contributed by atoms with Gasteiger partial charge < -0.3 is 10.6 Å². The fourth-order valence-electron chi connectivity index (χ4n) is 2.92. The van der Waals surface area contributed by atoms with Crippen LogP contribution in [-0.2, 0) is 11.2 Å². The minimum atomic E-state index is 0. The van der Waals surface area contributed by atoms with Crippen molar-refractivity contribution in [3.63, 3.8) is 0 Å². The standard InChI is InChI=1S/C17H18BrN3O.ClH/c18-13-4-1-3-12(9-13)16-5-2-8-21(16)17(22)10-15-7-6-14(19)11-20-15;/h1,3-4,6-7,9,11,16H,2,5,8,10,19H2;1H. The number of nitrogen functional groups attached to an aromatic ring is 1. The zero-order chi connectivity index (χ0) is 15.5. The van der Waals surface area contributed by atoms with Crippen LogP contribution in [0.1, 0.15) is 30.1 Å². The zero-order valence-corrected chi connectivity index (χ0v) is 15.0. The third-order valence-corrected chi connectivity index (χ3v) is 4.48. The molecule has 1 aliphatic heterocycles. The van der Waals surface area contributed by atoms with Gasteiger partial charge in [-0.1, -0.05) is 28.1 Å². The smallest absolute Gasteiger partial charge is 0.229 e. The first kappa shape index (κ1) is 17.8. The van der Waals surface area contributed by atoms with Gasteiger partial charge in [-0.3, -0.25) is 9.78 Å². The first-order chi connectivity index (χ1) is 10.6. The van der Waals surface area contributed by atoms with Crippen molar-refractivity contribution < 1.29 is 4.79 Å². The molecule has 2 aromatic rings. The van der Waals surface area contributed by atoms with Crippen LogP contribution in [0.2, 0.25) is 0 Å². The normalized spacial score (nSPS) is 16.9. The van der Waals surface area contributed by atoms with Crippen molar-refractivity contribution in [2.75, 3.05) is 12.3 Å². The molecule has 1 unspecified atom stereocenters. The summed E-state index contributed by atoms with van der Waals surface area (Å²) in [5.74, 6) is 0.125. The highest BCUT2D eigenvalue weighted by Gasteiger charge is 2.29. The Hall–Kier alpha value is -1.59. The Labute approximate surface area is 150 Å². The van der Waals surface area contributed by atoms with E-state index in [2.05, 4.69) is 33.0 Å². The Balaban J connectivity index is 0.00000192. The third-order valence-electron chi connectivity index (χ3n) is 3.99. The molecule has 1 aromatic carbocycles. The number of anilines is 1. The molecule has 2 N–H and O–H groups in total. The second-order valence-corrected chi connectivity index (χ2v) is 6.48. The SMILES string of the molecule is Cl.Nc1ccc(CC(=O)N2CCCC2c2cccc(Br)c2)nc1. The van der Waals surface area contributed by atoms with Crippen LogP contribution in [-0.4, -0.2) is 22.3 Å². The molecule has 23 heavy (non-hydrogen) atoms. The number of amides is 1. The third kappa shape index (κ3) is 4.24. The maximum absolute atomic E-state index is 12.6. The maximum Gasteiger partial charge on any atom is 0.229 e. The second kappa shape index (κ2) is 7.79. The second-order valence-electron chi connectivity index (χ2n) is 5.56. The van der Waals surface area contributed by atoms with Crippen molar-refractivity contribution in [3.8, 4) is 0 Å². The molecule has 1 aromatic heterocycles. The predicted octanol–water partition coefficient (Wildman–Crippen LogP) is 3.75. The molecule has 0 saturated carbocycles. The molecule has 3 rings (SSSR count). The molecule has 0 bridgehead atoms. The number of hydrogen-bond donors (Lipinski definition) is 1. The molecule has 2 heterocycles. The molecule has 122 valence electrons. The Bertz CT molecular complexity index is 678. The van der Waals surface area contributed by atoms with Crippen molar-refractivity contribution in [2.45, 2.75) is 25.3 Å². The number of carbonyl (C=O) groups excluding carboxylic acids is 1. The van der Waals surface area contributed by atoms with Gasteiger partial charge in [0, 0.05) is 16.7 Å². The first-order valence-electron chi connectivity index (χ1n) is 7.39. The molecular weight excluding hydrogens is 378 g/mol. The summed E-state index contributed by atoms with van der Waals surface area (Å²) in [4.78, 5) is 18.8. The Morgan fingerprint density at radius 3 is 2.87 bits per heavy atom. The van der Waals surface area contributed by atoms with Crippen molar-refractivity contribution in [3.05, 3.63) is 58.3 Å². The fraction of sp³-hybridized carbons (Fsp3) is 0.294. The summed E-state index contributed by atoms with van der Waals surface area (Å²) in [6.07, 6.45) is 3.97. The highest BCUT2D eigenvalue weighted by molar-refractivity contribution is 9.10. The van der Waals surface area contributed by atoms with E-state index in [1.54, 1.807) is 12.3 Å². The van der Waals surface area contributed by atoms with E-state index in [1.165, 1.54) is 5.56 Å². The quantitative estimate of drug-likeness (QED) is 0.859. The minimum Gasteiger partial charge on any atom is -0.397 e. The van der Waals surface area contributed by atoms with Crippen LogP contribution in [0.5, 0.6) is 0 Å². The van der Waals surface area contributed by atoms with Crippen molar-refractivity contribution in [1.82, 2.24) is 9.88 Å². The molecule has 0 spiro atoms. The van der Waals surface area contributed by atoms with E-state index in [4.69, 9.17) is 5.73 Å². The largest absolute Gasteiger partial charge is 0.397 e. The minimum absolute atomic E-state index is 0. The first-order valence-corrected chi connectivity index (χ1v) is 8.18. The Morgan fingerprint density at radius 2 is 2.17 bits per heavy atom. The monoisotopic (exact) mass is 395 g/mol. The van der Waals surface area contributed by atoms with Gasteiger partial charge >= 0.3 is 0 Å². The van der Waals surface area contributed by atoms with Crippen LogP contribution >= 0.6 is 28.3 Å². The molecule has 0 aliphatic carbocycles. The summed E-state index contributed by atoms with van der Waals surface area (Å²) in [7, 11) is 0. The van der Waals surface area contributed by atoms with Gasteiger partial charge in [0.1, 0.15) is 0 Å². The lowest BCUT2D eigenvalue weighted by molar-refractivity contribution is -0.131. The van der Waals surface area contributed by atoms with Crippen LogP contribution in [0.25, 0.3) is 0 Å². The predicted molar refractivity (Wildman–Crippen MR) is 97.4 cm³/mol. The van der Waals surface area contributed by atoms with Gasteiger partial charge in [0.25, 0.3) is 0 Å². The van der Waals surface area contributed by atoms with E-state index in [0.717, 1.165) is 29.6 Å². The average molecular weight is 397 g/mol. The lowest BCUT2D eigenvalue weighted by Gasteiger charge is -2.25. The van der Waals surface area contributed by atoms with Crippen LogP contribution in [0.4, 0.5) is 5.69 Å². The van der Waals surface area contributed by atoms with E-state index in [-0.39, 0.29) is 24.4 Å². The van der Waals surface area contributed by atoms with Crippen LogP contribution in [0, 0.1) is 0 Å². The number of nitrogens with two attached hydrogens (primary N) is 1. The summed E-state index contributed by atoms with van der Waals surface area (Å²) >= 11 is 3.50. The van der Waals surface area contributed by atoms with Gasteiger partial charge in [0.15, 0.2) is 0 Å². The van der Waals surface area contributed by atoms with Crippen molar-refractivity contribution >= 4 is 39.9 Å².